The fourth-order valence-electron chi connectivity index (χ4n) is 3.18. The lowest BCUT2D eigenvalue weighted by Crippen LogP contribution is -2.40. The molecule has 0 radical (unpaired) electrons. The van der Waals surface area contributed by atoms with E-state index in [0.717, 1.165) is 31.9 Å². The van der Waals surface area contributed by atoms with E-state index in [1.807, 2.05) is 12.1 Å². The zero-order valence-electron chi connectivity index (χ0n) is 14.8. The van der Waals surface area contributed by atoms with E-state index in [2.05, 4.69) is 41.2 Å². The third-order valence-corrected chi connectivity index (χ3v) is 5.26. The van der Waals surface area contributed by atoms with Crippen LogP contribution in [0.3, 0.4) is 0 Å². The minimum atomic E-state index is -0.110. The van der Waals surface area contributed by atoms with Gasteiger partial charge in [0.1, 0.15) is 0 Å². The van der Waals surface area contributed by atoms with Gasteiger partial charge in [-0.05, 0) is 18.6 Å². The molecule has 3 N–H and O–H groups in total. The van der Waals surface area contributed by atoms with E-state index in [-0.39, 0.29) is 18.1 Å². The first kappa shape index (κ1) is 18.0. The molecule has 1 unspecified atom stereocenters. The van der Waals surface area contributed by atoms with Crippen LogP contribution < -0.4 is 20.9 Å². The summed E-state index contributed by atoms with van der Waals surface area (Å²) in [5, 5.41) is 26.8. The van der Waals surface area contributed by atoms with Crippen molar-refractivity contribution in [2.75, 3.05) is 48.3 Å². The highest BCUT2D eigenvalue weighted by molar-refractivity contribution is 7.19. The van der Waals surface area contributed by atoms with Gasteiger partial charge in [-0.25, -0.2) is 0 Å². The van der Waals surface area contributed by atoms with Crippen LogP contribution >= 0.6 is 11.3 Å². The number of rotatable bonds is 6. The Balaban J connectivity index is 1.25. The van der Waals surface area contributed by atoms with E-state index in [9.17, 15) is 4.79 Å². The molecule has 0 spiro atoms. The van der Waals surface area contributed by atoms with Crippen molar-refractivity contribution in [1.29, 1.82) is 0 Å². The zero-order chi connectivity index (χ0) is 18.5. The number of morpholine rings is 1. The number of nitrogens with one attached hydrogen (secondary N) is 3. The number of amides is 1. The number of ether oxygens (including phenoxy) is 1. The summed E-state index contributed by atoms with van der Waals surface area (Å²) >= 11 is 1.34. The molecular weight excluding hydrogens is 368 g/mol. The van der Waals surface area contributed by atoms with E-state index < -0.39 is 0 Å². The van der Waals surface area contributed by atoms with Crippen LogP contribution in [0, 0.1) is 0 Å². The first-order valence-corrected chi connectivity index (χ1v) is 9.83. The Morgan fingerprint density at radius 1 is 1.37 bits per heavy atom. The van der Waals surface area contributed by atoms with Crippen LogP contribution in [0.4, 0.5) is 16.1 Å². The summed E-state index contributed by atoms with van der Waals surface area (Å²) in [5.41, 5.74) is 0. The maximum atomic E-state index is 12.1. The summed E-state index contributed by atoms with van der Waals surface area (Å²) in [4.78, 5) is 14.3. The van der Waals surface area contributed by atoms with Crippen molar-refractivity contribution in [3.63, 3.8) is 0 Å². The molecule has 4 heterocycles. The molecule has 2 fully saturated rings. The highest BCUT2D eigenvalue weighted by Gasteiger charge is 2.25. The molecule has 0 aromatic carbocycles. The number of anilines is 3. The Morgan fingerprint density at radius 2 is 2.30 bits per heavy atom. The smallest absolute Gasteiger partial charge is 0.228 e. The van der Waals surface area contributed by atoms with Gasteiger partial charge >= 0.3 is 0 Å². The molecule has 2 saturated heterocycles. The first-order valence-electron chi connectivity index (χ1n) is 9.01. The zero-order valence-corrected chi connectivity index (χ0v) is 15.6. The van der Waals surface area contributed by atoms with Crippen molar-refractivity contribution in [2.24, 2.45) is 0 Å². The van der Waals surface area contributed by atoms with Gasteiger partial charge in [0, 0.05) is 38.4 Å². The van der Waals surface area contributed by atoms with Crippen molar-refractivity contribution >= 4 is 33.3 Å². The van der Waals surface area contributed by atoms with Crippen LogP contribution in [0.1, 0.15) is 12.8 Å². The third-order valence-electron chi connectivity index (χ3n) is 4.49. The average molecular weight is 390 g/mol. The standard InChI is InChI=1S/C16H22N8O2S/c25-14(8-12-9-17-5-7-26-12)20-16-23-22-15(27-16)19-11-3-6-24(10-11)13-2-1-4-18-21-13/h1-2,4,11-12,17H,3,5-10H2,(H,19,22)(H,20,23,25)/t11-,12?/m1/s1. The Labute approximate surface area is 160 Å². The van der Waals surface area contributed by atoms with E-state index in [1.165, 1.54) is 11.3 Å². The number of hydrogen-bond donors (Lipinski definition) is 3. The molecule has 2 atom stereocenters. The fourth-order valence-corrected chi connectivity index (χ4v) is 3.92. The second-order valence-electron chi connectivity index (χ2n) is 6.52. The number of nitrogens with zero attached hydrogens (tertiary/aromatic N) is 5. The van der Waals surface area contributed by atoms with Gasteiger partial charge in [0.2, 0.25) is 16.2 Å². The largest absolute Gasteiger partial charge is 0.375 e. The van der Waals surface area contributed by atoms with Crippen LogP contribution in [-0.4, -0.2) is 71.2 Å². The number of carbonyl (C=O) groups excluding carboxylic acids is 1. The quantitative estimate of drug-likeness (QED) is 0.641. The van der Waals surface area contributed by atoms with E-state index in [4.69, 9.17) is 4.74 Å². The number of aromatic nitrogens is 4. The van der Waals surface area contributed by atoms with Crippen LogP contribution in [0.5, 0.6) is 0 Å². The van der Waals surface area contributed by atoms with Crippen molar-refractivity contribution in [2.45, 2.75) is 25.0 Å². The maximum Gasteiger partial charge on any atom is 0.228 e. The second-order valence-corrected chi connectivity index (χ2v) is 7.50. The van der Waals surface area contributed by atoms with Crippen LogP contribution in [0.2, 0.25) is 0 Å². The summed E-state index contributed by atoms with van der Waals surface area (Å²) in [6, 6.07) is 4.10. The lowest BCUT2D eigenvalue weighted by atomic mass is 10.2. The average Bonchev–Trinajstić information content (AvgIpc) is 3.33. The molecule has 144 valence electrons. The number of hydrogen-bond acceptors (Lipinski definition) is 10. The molecule has 0 bridgehead atoms. The SMILES string of the molecule is O=C(CC1CNCCO1)Nc1nnc(N[C@@H]2CCN(c3cccnn3)C2)s1. The predicted molar refractivity (Wildman–Crippen MR) is 102 cm³/mol. The monoisotopic (exact) mass is 390 g/mol. The van der Waals surface area contributed by atoms with Crippen LogP contribution in [-0.2, 0) is 9.53 Å². The summed E-state index contributed by atoms with van der Waals surface area (Å²) in [6.07, 6.45) is 2.87. The van der Waals surface area contributed by atoms with Crippen molar-refractivity contribution < 1.29 is 9.53 Å². The van der Waals surface area contributed by atoms with Gasteiger partial charge in [-0.2, -0.15) is 5.10 Å². The highest BCUT2D eigenvalue weighted by Crippen LogP contribution is 2.24. The summed E-state index contributed by atoms with van der Waals surface area (Å²) in [6.45, 7) is 3.90. The van der Waals surface area contributed by atoms with E-state index >= 15 is 0 Å². The molecule has 10 nitrogen and oxygen atoms in total. The van der Waals surface area contributed by atoms with Crippen LogP contribution in [0.25, 0.3) is 0 Å². The fraction of sp³-hybridized carbons (Fsp3) is 0.562. The molecule has 2 aliphatic rings. The maximum absolute atomic E-state index is 12.1. The van der Waals surface area contributed by atoms with Crippen molar-refractivity contribution in [1.82, 2.24) is 25.7 Å². The topological polar surface area (TPSA) is 117 Å². The van der Waals surface area contributed by atoms with Gasteiger partial charge in [-0.15, -0.1) is 15.3 Å². The Hall–Kier alpha value is -2.37. The van der Waals surface area contributed by atoms with Crippen molar-refractivity contribution in [3.05, 3.63) is 18.3 Å². The molecule has 11 heteroatoms. The molecule has 27 heavy (non-hydrogen) atoms. The first-order chi connectivity index (χ1) is 13.3. The Bertz CT molecular complexity index is 752. The Kier molecular flexibility index (Phi) is 5.70. The Morgan fingerprint density at radius 3 is 3.11 bits per heavy atom. The summed E-state index contributed by atoms with van der Waals surface area (Å²) in [5.74, 6) is 0.771. The second kappa shape index (κ2) is 8.55. The molecule has 1 amide bonds. The minimum Gasteiger partial charge on any atom is -0.375 e. The van der Waals surface area contributed by atoms with Gasteiger partial charge < -0.3 is 25.6 Å². The predicted octanol–water partition coefficient (Wildman–Crippen LogP) is 0.336. The van der Waals surface area contributed by atoms with Gasteiger partial charge in [0.05, 0.1) is 19.1 Å². The number of carbonyl (C=O) groups is 1. The molecule has 2 aliphatic heterocycles. The van der Waals surface area contributed by atoms with Gasteiger partial charge in [0.15, 0.2) is 5.82 Å². The highest BCUT2D eigenvalue weighted by atomic mass is 32.1. The molecule has 0 aliphatic carbocycles. The van der Waals surface area contributed by atoms with Crippen molar-refractivity contribution in [3.8, 4) is 0 Å². The van der Waals surface area contributed by atoms with E-state index in [1.54, 1.807) is 6.20 Å². The van der Waals surface area contributed by atoms with Gasteiger partial charge in [0.25, 0.3) is 0 Å². The van der Waals surface area contributed by atoms with E-state index in [0.29, 0.717) is 29.8 Å². The molecule has 4 rings (SSSR count). The summed E-state index contributed by atoms with van der Waals surface area (Å²) < 4.78 is 5.54. The normalized spacial score (nSPS) is 22.6. The molecule has 2 aromatic heterocycles. The molecule has 0 saturated carbocycles. The van der Waals surface area contributed by atoms with Gasteiger partial charge in [-0.3, -0.25) is 4.79 Å². The summed E-state index contributed by atoms with van der Waals surface area (Å²) in [7, 11) is 0. The third kappa shape index (κ3) is 4.87. The molecule has 2 aromatic rings. The van der Waals surface area contributed by atoms with Crippen LogP contribution in [0.15, 0.2) is 18.3 Å². The minimum absolute atomic E-state index is 0.0881. The lowest BCUT2D eigenvalue weighted by molar-refractivity contribution is -0.119. The lowest BCUT2D eigenvalue weighted by Gasteiger charge is -2.22. The van der Waals surface area contributed by atoms with Gasteiger partial charge in [-0.1, -0.05) is 11.3 Å². The molecular formula is C16H22N8O2S.